The molecule has 0 unspecified atom stereocenters. The number of ether oxygens (including phenoxy) is 1. The highest BCUT2D eigenvalue weighted by Gasteiger charge is 2.39. The molecule has 108 valence electrons. The summed E-state index contributed by atoms with van der Waals surface area (Å²) in [5, 5.41) is 0. The Morgan fingerprint density at radius 2 is 1.44 bits per heavy atom. The fourth-order valence-corrected chi connectivity index (χ4v) is 4.19. The standard InChI is InChI=1S/C13H28O4Si/c1-5-9-11-14-12-10-13-18(15-6-2,16-7-3)17-8-4/h9,11H,5-8,10,12-13H2,1-4H3. The minimum atomic E-state index is -2.47. The van der Waals surface area contributed by atoms with Crippen molar-refractivity contribution in [3.05, 3.63) is 12.3 Å². The van der Waals surface area contributed by atoms with Gasteiger partial charge in [-0.3, -0.25) is 0 Å². The molecule has 0 saturated heterocycles. The smallest absolute Gasteiger partial charge is 0.501 e. The van der Waals surface area contributed by atoms with Gasteiger partial charge in [-0.2, -0.15) is 0 Å². The Labute approximate surface area is 113 Å². The highest BCUT2D eigenvalue weighted by molar-refractivity contribution is 6.60. The molecule has 0 spiro atoms. The Hall–Kier alpha value is -0.363. The van der Waals surface area contributed by atoms with Gasteiger partial charge in [0.05, 0.1) is 12.9 Å². The molecule has 0 saturated carbocycles. The second-order valence-electron chi connectivity index (χ2n) is 3.74. The molecular formula is C13H28O4Si. The van der Waals surface area contributed by atoms with Gasteiger partial charge in [-0.05, 0) is 33.6 Å². The van der Waals surface area contributed by atoms with E-state index in [-0.39, 0.29) is 0 Å². The summed E-state index contributed by atoms with van der Waals surface area (Å²) >= 11 is 0. The van der Waals surface area contributed by atoms with E-state index in [0.717, 1.165) is 18.9 Å². The predicted octanol–water partition coefficient (Wildman–Crippen LogP) is 3.37. The highest BCUT2D eigenvalue weighted by Crippen LogP contribution is 2.18. The van der Waals surface area contributed by atoms with E-state index in [9.17, 15) is 0 Å². The topological polar surface area (TPSA) is 36.9 Å². The summed E-state index contributed by atoms with van der Waals surface area (Å²) in [7, 11) is -2.47. The van der Waals surface area contributed by atoms with Gasteiger partial charge in [0, 0.05) is 25.9 Å². The molecule has 0 aromatic carbocycles. The van der Waals surface area contributed by atoms with Crippen LogP contribution in [-0.4, -0.2) is 35.2 Å². The molecule has 0 aromatic heterocycles. The van der Waals surface area contributed by atoms with Crippen LogP contribution in [0.25, 0.3) is 0 Å². The van der Waals surface area contributed by atoms with Gasteiger partial charge in [-0.1, -0.05) is 13.0 Å². The fourth-order valence-electron chi connectivity index (χ4n) is 1.61. The van der Waals surface area contributed by atoms with E-state index in [1.54, 1.807) is 6.26 Å². The summed E-state index contributed by atoms with van der Waals surface area (Å²) in [4.78, 5) is 0. The van der Waals surface area contributed by atoms with E-state index in [2.05, 4.69) is 6.92 Å². The van der Waals surface area contributed by atoms with Crippen LogP contribution in [0.3, 0.4) is 0 Å². The third-order valence-corrected chi connectivity index (χ3v) is 5.42. The van der Waals surface area contributed by atoms with Crippen LogP contribution < -0.4 is 0 Å². The molecule has 5 heteroatoms. The van der Waals surface area contributed by atoms with E-state index >= 15 is 0 Å². The van der Waals surface area contributed by atoms with Gasteiger partial charge in [0.1, 0.15) is 0 Å². The SMILES string of the molecule is CCC=COCCC[Si](OCC)(OCC)OCC. The fraction of sp³-hybridized carbons (Fsp3) is 0.846. The summed E-state index contributed by atoms with van der Waals surface area (Å²) in [6.07, 6.45) is 5.64. The normalized spacial score (nSPS) is 12.2. The average Bonchev–Trinajstić information content (AvgIpc) is 2.35. The van der Waals surface area contributed by atoms with Gasteiger partial charge in [0.15, 0.2) is 0 Å². The lowest BCUT2D eigenvalue weighted by Crippen LogP contribution is -2.46. The minimum absolute atomic E-state index is 0.628. The van der Waals surface area contributed by atoms with Crippen molar-refractivity contribution in [3.63, 3.8) is 0 Å². The van der Waals surface area contributed by atoms with Crippen molar-refractivity contribution in [2.24, 2.45) is 0 Å². The molecule has 4 nitrogen and oxygen atoms in total. The first-order valence-corrected chi connectivity index (χ1v) is 8.86. The lowest BCUT2D eigenvalue weighted by atomic mass is 10.5. The van der Waals surface area contributed by atoms with Gasteiger partial charge in [0.2, 0.25) is 0 Å². The molecule has 0 fully saturated rings. The van der Waals surface area contributed by atoms with Crippen LogP contribution in [0.5, 0.6) is 0 Å². The Balaban J connectivity index is 4.08. The summed E-state index contributed by atoms with van der Waals surface area (Å²) in [6.45, 7) is 10.6. The van der Waals surface area contributed by atoms with Crippen molar-refractivity contribution < 1.29 is 18.0 Å². The van der Waals surface area contributed by atoms with Gasteiger partial charge >= 0.3 is 8.80 Å². The number of allylic oxidation sites excluding steroid dienone is 1. The summed E-state index contributed by atoms with van der Waals surface area (Å²) in [5.74, 6) is 0. The molecule has 0 aliphatic rings. The summed E-state index contributed by atoms with van der Waals surface area (Å²) in [5.41, 5.74) is 0. The van der Waals surface area contributed by atoms with Crippen LogP contribution >= 0.6 is 0 Å². The molecule has 0 aliphatic carbocycles. The zero-order valence-electron chi connectivity index (χ0n) is 12.2. The largest absolute Gasteiger partial charge is 0.502 e. The monoisotopic (exact) mass is 276 g/mol. The molecule has 0 aromatic rings. The molecule has 0 atom stereocenters. The molecule has 0 N–H and O–H groups in total. The van der Waals surface area contributed by atoms with Gasteiger partial charge in [0.25, 0.3) is 0 Å². The van der Waals surface area contributed by atoms with E-state index in [4.69, 9.17) is 18.0 Å². The number of rotatable bonds is 12. The first kappa shape index (κ1) is 17.6. The van der Waals surface area contributed by atoms with Gasteiger partial charge < -0.3 is 18.0 Å². The molecule has 0 rings (SSSR count). The van der Waals surface area contributed by atoms with E-state index in [1.807, 2.05) is 26.8 Å². The Morgan fingerprint density at radius 3 is 1.89 bits per heavy atom. The first-order chi connectivity index (χ1) is 8.74. The number of hydrogen-bond acceptors (Lipinski definition) is 4. The summed E-state index contributed by atoms with van der Waals surface area (Å²) < 4.78 is 22.7. The van der Waals surface area contributed by atoms with Gasteiger partial charge in [-0.15, -0.1) is 0 Å². The second-order valence-corrected chi connectivity index (χ2v) is 6.47. The Morgan fingerprint density at radius 1 is 0.889 bits per heavy atom. The van der Waals surface area contributed by atoms with E-state index in [0.29, 0.717) is 26.4 Å². The van der Waals surface area contributed by atoms with Crippen molar-refractivity contribution in [1.29, 1.82) is 0 Å². The molecule has 0 radical (unpaired) electrons. The van der Waals surface area contributed by atoms with Gasteiger partial charge in [-0.25, -0.2) is 0 Å². The molecule has 0 heterocycles. The quantitative estimate of drug-likeness (QED) is 0.311. The maximum Gasteiger partial charge on any atom is 0.501 e. The van der Waals surface area contributed by atoms with Crippen LogP contribution in [0.1, 0.15) is 40.5 Å². The Bertz CT molecular complexity index is 192. The molecule has 0 bridgehead atoms. The van der Waals surface area contributed by atoms with Crippen molar-refractivity contribution in [2.75, 3.05) is 26.4 Å². The van der Waals surface area contributed by atoms with Crippen molar-refractivity contribution in [3.8, 4) is 0 Å². The van der Waals surface area contributed by atoms with E-state index in [1.165, 1.54) is 0 Å². The van der Waals surface area contributed by atoms with E-state index < -0.39 is 8.80 Å². The Kier molecular flexibility index (Phi) is 11.5. The predicted molar refractivity (Wildman–Crippen MR) is 75.4 cm³/mol. The summed E-state index contributed by atoms with van der Waals surface area (Å²) in [6, 6.07) is 0.808. The minimum Gasteiger partial charge on any atom is -0.502 e. The van der Waals surface area contributed by atoms with Crippen molar-refractivity contribution >= 4 is 8.80 Å². The molecule has 0 amide bonds. The zero-order chi connectivity index (χ0) is 13.7. The van der Waals surface area contributed by atoms with Crippen LogP contribution in [0.4, 0.5) is 0 Å². The molecule has 0 aliphatic heterocycles. The zero-order valence-corrected chi connectivity index (χ0v) is 13.2. The maximum absolute atomic E-state index is 5.76. The second kappa shape index (κ2) is 11.7. The van der Waals surface area contributed by atoms with Crippen LogP contribution in [0, 0.1) is 0 Å². The lowest BCUT2D eigenvalue weighted by Gasteiger charge is -2.28. The van der Waals surface area contributed by atoms with Crippen molar-refractivity contribution in [2.45, 2.75) is 46.6 Å². The number of hydrogen-bond donors (Lipinski definition) is 0. The molecule has 18 heavy (non-hydrogen) atoms. The van der Waals surface area contributed by atoms with Crippen LogP contribution in [0.2, 0.25) is 6.04 Å². The van der Waals surface area contributed by atoms with Crippen LogP contribution in [-0.2, 0) is 18.0 Å². The van der Waals surface area contributed by atoms with Crippen LogP contribution in [0.15, 0.2) is 12.3 Å². The first-order valence-electron chi connectivity index (χ1n) is 6.93. The lowest BCUT2D eigenvalue weighted by molar-refractivity contribution is 0.0690. The third kappa shape index (κ3) is 7.87. The average molecular weight is 276 g/mol. The highest BCUT2D eigenvalue weighted by atomic mass is 28.4. The molecular weight excluding hydrogens is 248 g/mol. The van der Waals surface area contributed by atoms with Crippen molar-refractivity contribution in [1.82, 2.24) is 0 Å². The maximum atomic E-state index is 5.76. The third-order valence-electron chi connectivity index (χ3n) is 2.27.